The Morgan fingerprint density at radius 2 is 1.70 bits per heavy atom. The number of anilines is 1. The van der Waals surface area contributed by atoms with Crippen molar-refractivity contribution in [2.24, 2.45) is 5.14 Å². The van der Waals surface area contributed by atoms with Gasteiger partial charge in [-0.15, -0.1) is 0 Å². The summed E-state index contributed by atoms with van der Waals surface area (Å²) >= 11 is 6.33. The summed E-state index contributed by atoms with van der Waals surface area (Å²) in [6.45, 7) is 0. The topological polar surface area (TPSA) is 125 Å². The van der Waals surface area contributed by atoms with Gasteiger partial charge in [-0.1, -0.05) is 0 Å². The Bertz CT molecular complexity index is 753. The van der Waals surface area contributed by atoms with Crippen molar-refractivity contribution in [3.05, 3.63) is 32.9 Å². The maximum Gasteiger partial charge on any atom is 0.354 e. The first-order valence-electron chi connectivity index (χ1n) is 5.77. The molecule has 0 unspecified atom stereocenters. The zero-order valence-corrected chi connectivity index (χ0v) is 15.9. The number of hydrogen-bond donors (Lipinski definition) is 2. The molecule has 0 amide bonds. The lowest BCUT2D eigenvalue weighted by Crippen LogP contribution is -2.17. The predicted octanol–water partition coefficient (Wildman–Crippen LogP) is 1.50. The van der Waals surface area contributed by atoms with Gasteiger partial charge in [-0.25, -0.2) is 23.1 Å². The summed E-state index contributed by atoms with van der Waals surface area (Å²) in [7, 11) is -1.61. The van der Waals surface area contributed by atoms with E-state index in [4.69, 9.17) is 5.14 Å². The number of halogens is 2. The van der Waals surface area contributed by atoms with E-state index in [1.807, 2.05) is 0 Å². The lowest BCUT2D eigenvalue weighted by Gasteiger charge is -2.13. The SMILES string of the molecule is COC(=O)/C=C(/Nc1c(Br)cc(S(N)(=O)=O)cc1Br)C(=O)OC. The van der Waals surface area contributed by atoms with Crippen molar-refractivity contribution in [2.75, 3.05) is 19.5 Å². The number of rotatable bonds is 5. The van der Waals surface area contributed by atoms with Gasteiger partial charge in [0.25, 0.3) is 0 Å². The predicted molar refractivity (Wildman–Crippen MR) is 89.0 cm³/mol. The summed E-state index contributed by atoms with van der Waals surface area (Å²) in [5, 5.41) is 7.73. The zero-order chi connectivity index (χ0) is 17.8. The van der Waals surface area contributed by atoms with Gasteiger partial charge in [-0.05, 0) is 44.0 Å². The fraction of sp³-hybridized carbons (Fsp3) is 0.167. The fourth-order valence-electron chi connectivity index (χ4n) is 1.40. The minimum atomic E-state index is -3.91. The standard InChI is InChI=1S/C12H12Br2N2O6S/c1-21-10(17)5-9(12(18)22-2)16-11-7(13)3-6(4-8(11)14)23(15,19)20/h3-5,16H,1-2H3,(H2,15,19,20)/b9-5+. The van der Waals surface area contributed by atoms with Crippen LogP contribution in [0.15, 0.2) is 37.7 Å². The Kier molecular flexibility index (Phi) is 6.74. The first-order valence-corrected chi connectivity index (χ1v) is 8.90. The summed E-state index contributed by atoms with van der Waals surface area (Å²) in [4.78, 5) is 22.9. The van der Waals surface area contributed by atoms with E-state index in [-0.39, 0.29) is 25.2 Å². The van der Waals surface area contributed by atoms with Crippen molar-refractivity contribution >= 4 is 59.5 Å². The second kappa shape index (κ2) is 7.90. The van der Waals surface area contributed by atoms with Crippen LogP contribution in [0.3, 0.4) is 0 Å². The normalized spacial score (nSPS) is 11.8. The lowest BCUT2D eigenvalue weighted by atomic mass is 10.3. The minimum Gasteiger partial charge on any atom is -0.466 e. The molecule has 0 aliphatic carbocycles. The Hall–Kier alpha value is -1.43. The number of methoxy groups -OCH3 is 2. The number of benzene rings is 1. The van der Waals surface area contributed by atoms with Crippen LogP contribution in [-0.4, -0.2) is 34.6 Å². The van der Waals surface area contributed by atoms with Crippen LogP contribution in [0.1, 0.15) is 0 Å². The molecular weight excluding hydrogens is 460 g/mol. The van der Waals surface area contributed by atoms with Crippen molar-refractivity contribution in [1.29, 1.82) is 0 Å². The molecule has 0 spiro atoms. The van der Waals surface area contributed by atoms with Crippen LogP contribution >= 0.6 is 31.9 Å². The van der Waals surface area contributed by atoms with Gasteiger partial charge in [-0.2, -0.15) is 0 Å². The molecule has 0 aliphatic heterocycles. The van der Waals surface area contributed by atoms with E-state index in [9.17, 15) is 18.0 Å². The van der Waals surface area contributed by atoms with Crippen molar-refractivity contribution in [1.82, 2.24) is 0 Å². The number of carbonyl (C=O) groups is 2. The smallest absolute Gasteiger partial charge is 0.354 e. The van der Waals surface area contributed by atoms with Gasteiger partial charge in [0, 0.05) is 8.95 Å². The van der Waals surface area contributed by atoms with Gasteiger partial charge < -0.3 is 14.8 Å². The molecule has 0 heterocycles. The second-order valence-corrected chi connectivity index (χ2v) is 7.27. The van der Waals surface area contributed by atoms with Crippen LogP contribution in [0.4, 0.5) is 5.69 Å². The van der Waals surface area contributed by atoms with Crippen molar-refractivity contribution in [2.45, 2.75) is 4.90 Å². The summed E-state index contributed by atoms with van der Waals surface area (Å²) < 4.78 is 32.4. The van der Waals surface area contributed by atoms with E-state index < -0.39 is 22.0 Å². The molecule has 23 heavy (non-hydrogen) atoms. The van der Waals surface area contributed by atoms with Crippen LogP contribution in [-0.2, 0) is 29.1 Å². The van der Waals surface area contributed by atoms with Gasteiger partial charge in [0.1, 0.15) is 5.70 Å². The molecular formula is C12H12Br2N2O6S. The van der Waals surface area contributed by atoms with E-state index in [0.29, 0.717) is 0 Å². The fourth-order valence-corrected chi connectivity index (χ4v) is 3.65. The summed E-state index contributed by atoms with van der Waals surface area (Å²) in [6, 6.07) is 2.49. The summed E-state index contributed by atoms with van der Waals surface area (Å²) in [5.74, 6) is -1.59. The van der Waals surface area contributed by atoms with Crippen LogP contribution < -0.4 is 10.5 Å². The average Bonchev–Trinajstić information content (AvgIpc) is 2.47. The monoisotopic (exact) mass is 470 g/mol. The van der Waals surface area contributed by atoms with Gasteiger partial charge >= 0.3 is 11.9 Å². The van der Waals surface area contributed by atoms with Crippen LogP contribution in [0.2, 0.25) is 0 Å². The van der Waals surface area contributed by atoms with E-state index >= 15 is 0 Å². The molecule has 11 heteroatoms. The number of hydrogen-bond acceptors (Lipinski definition) is 7. The Balaban J connectivity index is 3.33. The van der Waals surface area contributed by atoms with Gasteiger partial charge in [-0.3, -0.25) is 0 Å². The number of carbonyl (C=O) groups excluding carboxylic acids is 2. The molecule has 0 aromatic heterocycles. The van der Waals surface area contributed by atoms with Gasteiger partial charge in [0.05, 0.1) is 30.9 Å². The number of nitrogens with one attached hydrogen (secondary N) is 1. The molecule has 0 fully saturated rings. The van der Waals surface area contributed by atoms with E-state index in [0.717, 1.165) is 20.3 Å². The maximum atomic E-state index is 11.7. The Morgan fingerprint density at radius 3 is 2.09 bits per heavy atom. The maximum absolute atomic E-state index is 11.7. The molecule has 126 valence electrons. The Morgan fingerprint density at radius 1 is 1.17 bits per heavy atom. The number of ether oxygens (including phenoxy) is 2. The van der Waals surface area contributed by atoms with Gasteiger partial charge in [0.15, 0.2) is 0 Å². The highest BCUT2D eigenvalue weighted by Gasteiger charge is 2.18. The van der Waals surface area contributed by atoms with Crippen LogP contribution in [0.5, 0.6) is 0 Å². The minimum absolute atomic E-state index is 0.140. The third-order valence-electron chi connectivity index (χ3n) is 2.47. The molecule has 1 aromatic rings. The van der Waals surface area contributed by atoms with E-state index in [1.165, 1.54) is 12.1 Å². The molecule has 8 nitrogen and oxygen atoms in total. The van der Waals surface area contributed by atoms with Crippen LogP contribution in [0.25, 0.3) is 0 Å². The quantitative estimate of drug-likeness (QED) is 0.492. The molecule has 0 aliphatic rings. The molecule has 3 N–H and O–H groups in total. The average molecular weight is 472 g/mol. The first kappa shape index (κ1) is 19.6. The van der Waals surface area contributed by atoms with E-state index in [2.05, 4.69) is 46.7 Å². The van der Waals surface area contributed by atoms with E-state index in [1.54, 1.807) is 0 Å². The number of nitrogens with two attached hydrogens (primary N) is 1. The third kappa shape index (κ3) is 5.30. The van der Waals surface area contributed by atoms with Crippen molar-refractivity contribution in [3.63, 3.8) is 0 Å². The summed E-state index contributed by atoms with van der Waals surface area (Å²) in [5.41, 5.74) is 0.0852. The highest BCUT2D eigenvalue weighted by atomic mass is 79.9. The van der Waals surface area contributed by atoms with Gasteiger partial charge in [0.2, 0.25) is 10.0 Å². The highest BCUT2D eigenvalue weighted by molar-refractivity contribution is 9.11. The second-order valence-electron chi connectivity index (χ2n) is 4.00. The number of sulfonamides is 1. The zero-order valence-electron chi connectivity index (χ0n) is 11.9. The van der Waals surface area contributed by atoms with Crippen LogP contribution in [0, 0.1) is 0 Å². The molecule has 1 aromatic carbocycles. The molecule has 0 atom stereocenters. The number of primary sulfonamides is 1. The first-order chi connectivity index (χ1) is 10.6. The summed E-state index contributed by atoms with van der Waals surface area (Å²) in [6.07, 6.45) is 0.901. The largest absolute Gasteiger partial charge is 0.466 e. The lowest BCUT2D eigenvalue weighted by molar-refractivity contribution is -0.138. The molecule has 0 bridgehead atoms. The van der Waals surface area contributed by atoms with Crippen molar-refractivity contribution < 1.29 is 27.5 Å². The number of esters is 2. The molecule has 0 saturated carbocycles. The van der Waals surface area contributed by atoms with Crippen molar-refractivity contribution in [3.8, 4) is 0 Å². The Labute approximate surface area is 149 Å². The molecule has 0 saturated heterocycles. The molecule has 1 rings (SSSR count). The third-order valence-corrected chi connectivity index (χ3v) is 4.62. The highest BCUT2D eigenvalue weighted by Crippen LogP contribution is 2.34. The molecule has 0 radical (unpaired) electrons.